The standard InChI is InChI=1S/C24H26ClN3O3S/c1-17-3-10-21(11-4-17)32-24(26-19-7-12-22(25)23(15-19)27-30)28(13-14-31-2)16-18-5-8-20(29)9-6-18/h3-12,15,27,29-30H,13-14,16H2,1-2H3. The molecule has 0 fully saturated rings. The summed E-state index contributed by atoms with van der Waals surface area (Å²) < 4.78 is 5.34. The Morgan fingerprint density at radius 2 is 1.81 bits per heavy atom. The van der Waals surface area contributed by atoms with E-state index in [1.165, 1.54) is 5.56 Å². The molecule has 0 heterocycles. The van der Waals surface area contributed by atoms with Crippen molar-refractivity contribution in [3.05, 3.63) is 82.9 Å². The third-order valence-corrected chi connectivity index (χ3v) is 6.04. The molecular formula is C24H26ClN3O3S. The number of aromatic hydroxyl groups is 1. The van der Waals surface area contributed by atoms with Crippen molar-refractivity contribution in [3.63, 3.8) is 0 Å². The third kappa shape index (κ3) is 6.90. The number of benzene rings is 3. The third-order valence-electron chi connectivity index (χ3n) is 4.67. The van der Waals surface area contributed by atoms with E-state index < -0.39 is 0 Å². The molecule has 0 aromatic heterocycles. The number of phenolic OH excluding ortho intramolecular Hbond substituents is 1. The van der Waals surface area contributed by atoms with Crippen molar-refractivity contribution >= 4 is 39.9 Å². The van der Waals surface area contributed by atoms with Crippen LogP contribution in [0.2, 0.25) is 5.02 Å². The summed E-state index contributed by atoms with van der Waals surface area (Å²) in [5.74, 6) is 0.227. The number of aliphatic imine (C=N–C) groups is 1. The van der Waals surface area contributed by atoms with E-state index >= 15 is 0 Å². The van der Waals surface area contributed by atoms with Gasteiger partial charge >= 0.3 is 0 Å². The maximum atomic E-state index is 9.63. The Morgan fingerprint density at radius 1 is 1.09 bits per heavy atom. The van der Waals surface area contributed by atoms with E-state index in [0.29, 0.717) is 36.1 Å². The highest BCUT2D eigenvalue weighted by Crippen LogP contribution is 2.30. The number of nitrogens with one attached hydrogen (secondary N) is 1. The van der Waals surface area contributed by atoms with Crippen molar-refractivity contribution < 1.29 is 15.1 Å². The van der Waals surface area contributed by atoms with Gasteiger partial charge in [0.2, 0.25) is 0 Å². The number of methoxy groups -OCH3 is 1. The normalized spacial score (nSPS) is 11.4. The number of phenols is 1. The van der Waals surface area contributed by atoms with Gasteiger partial charge in [0.1, 0.15) is 5.75 Å². The Morgan fingerprint density at radius 3 is 2.47 bits per heavy atom. The highest BCUT2D eigenvalue weighted by atomic mass is 35.5. The maximum absolute atomic E-state index is 9.63. The number of hydrogen-bond donors (Lipinski definition) is 3. The van der Waals surface area contributed by atoms with E-state index in [1.54, 1.807) is 49.2 Å². The van der Waals surface area contributed by atoms with Gasteiger partial charge < -0.3 is 14.7 Å². The van der Waals surface area contributed by atoms with Crippen LogP contribution >= 0.6 is 23.4 Å². The molecule has 168 valence electrons. The van der Waals surface area contributed by atoms with Gasteiger partial charge in [-0.05, 0) is 55.0 Å². The first kappa shape index (κ1) is 23.9. The minimum atomic E-state index is 0.227. The zero-order valence-corrected chi connectivity index (χ0v) is 19.5. The molecule has 6 nitrogen and oxygen atoms in total. The Balaban J connectivity index is 1.99. The Hall–Kier alpha value is -2.71. The molecule has 0 unspecified atom stereocenters. The summed E-state index contributed by atoms with van der Waals surface area (Å²) in [7, 11) is 1.67. The first-order valence-corrected chi connectivity index (χ1v) is 11.2. The van der Waals surface area contributed by atoms with Gasteiger partial charge in [0.05, 0.1) is 23.0 Å². The van der Waals surface area contributed by atoms with Crippen LogP contribution < -0.4 is 5.48 Å². The predicted octanol–water partition coefficient (Wildman–Crippen LogP) is 6.08. The smallest absolute Gasteiger partial charge is 0.169 e. The van der Waals surface area contributed by atoms with Crippen molar-refractivity contribution in [2.75, 3.05) is 25.7 Å². The van der Waals surface area contributed by atoms with Gasteiger partial charge in [-0.1, -0.05) is 53.2 Å². The summed E-state index contributed by atoms with van der Waals surface area (Å²) >= 11 is 7.65. The molecule has 0 saturated heterocycles. The summed E-state index contributed by atoms with van der Waals surface area (Å²) in [4.78, 5) is 8.06. The molecule has 0 bridgehead atoms. The van der Waals surface area contributed by atoms with Gasteiger partial charge in [0.15, 0.2) is 5.17 Å². The number of anilines is 1. The lowest BCUT2D eigenvalue weighted by molar-refractivity contribution is 0.175. The lowest BCUT2D eigenvalue weighted by Gasteiger charge is -2.26. The van der Waals surface area contributed by atoms with Crippen molar-refractivity contribution in [2.45, 2.75) is 18.4 Å². The summed E-state index contributed by atoms with van der Waals surface area (Å²) in [6.45, 7) is 3.78. The highest BCUT2D eigenvalue weighted by Gasteiger charge is 2.15. The lowest BCUT2D eigenvalue weighted by Crippen LogP contribution is -2.31. The first-order valence-electron chi connectivity index (χ1n) is 10.0. The lowest BCUT2D eigenvalue weighted by atomic mass is 10.2. The van der Waals surface area contributed by atoms with Gasteiger partial charge in [0, 0.05) is 25.1 Å². The van der Waals surface area contributed by atoms with Gasteiger partial charge in [-0.15, -0.1) is 0 Å². The molecule has 0 atom stereocenters. The van der Waals surface area contributed by atoms with Crippen molar-refractivity contribution in [3.8, 4) is 5.75 Å². The number of amidine groups is 1. The molecule has 0 aliphatic carbocycles. The summed E-state index contributed by atoms with van der Waals surface area (Å²) in [6.07, 6.45) is 0. The molecule has 0 amide bonds. The minimum Gasteiger partial charge on any atom is -0.508 e. The molecule has 0 aliphatic heterocycles. The number of thioether (sulfide) groups is 1. The average Bonchev–Trinajstić information content (AvgIpc) is 2.80. The molecule has 3 N–H and O–H groups in total. The summed E-state index contributed by atoms with van der Waals surface area (Å²) in [5, 5.41) is 20.1. The molecule has 0 radical (unpaired) electrons. The largest absolute Gasteiger partial charge is 0.508 e. The fourth-order valence-electron chi connectivity index (χ4n) is 2.91. The van der Waals surface area contributed by atoms with Crippen molar-refractivity contribution in [2.24, 2.45) is 4.99 Å². The van der Waals surface area contributed by atoms with Gasteiger partial charge in [0.25, 0.3) is 0 Å². The van der Waals surface area contributed by atoms with Crippen LogP contribution in [0.15, 0.2) is 76.6 Å². The Kier molecular flexibility index (Phi) is 8.81. The van der Waals surface area contributed by atoms with Crippen LogP contribution in [-0.4, -0.2) is 40.6 Å². The zero-order valence-electron chi connectivity index (χ0n) is 18.0. The Bertz CT molecular complexity index is 1040. The molecule has 0 aliphatic rings. The SMILES string of the molecule is COCCN(Cc1ccc(O)cc1)C(=Nc1ccc(Cl)c(NO)c1)Sc1ccc(C)cc1. The van der Waals surface area contributed by atoms with E-state index in [4.69, 9.17) is 21.3 Å². The average molecular weight is 472 g/mol. The summed E-state index contributed by atoms with van der Waals surface area (Å²) in [6, 6.07) is 20.6. The van der Waals surface area contributed by atoms with E-state index in [1.807, 2.05) is 12.1 Å². The zero-order chi connectivity index (χ0) is 22.9. The van der Waals surface area contributed by atoms with Crippen LogP contribution in [-0.2, 0) is 11.3 Å². The van der Waals surface area contributed by atoms with Gasteiger partial charge in [-0.25, -0.2) is 4.99 Å². The molecular weight excluding hydrogens is 446 g/mol. The molecule has 32 heavy (non-hydrogen) atoms. The van der Waals surface area contributed by atoms with Crippen LogP contribution in [0, 0.1) is 6.92 Å². The fourth-order valence-corrected chi connectivity index (χ4v) is 3.99. The first-order chi connectivity index (χ1) is 15.5. The van der Waals surface area contributed by atoms with E-state index in [9.17, 15) is 10.3 Å². The molecule has 8 heteroatoms. The topological polar surface area (TPSA) is 77.3 Å². The molecule has 3 rings (SSSR count). The van der Waals surface area contributed by atoms with Gasteiger partial charge in [-0.2, -0.15) is 0 Å². The van der Waals surface area contributed by atoms with Crippen LogP contribution in [0.25, 0.3) is 0 Å². The quantitative estimate of drug-likeness (QED) is 0.160. The number of rotatable bonds is 8. The van der Waals surface area contributed by atoms with Crippen LogP contribution in [0.1, 0.15) is 11.1 Å². The Labute approximate surface area is 197 Å². The summed E-state index contributed by atoms with van der Waals surface area (Å²) in [5.41, 5.74) is 5.36. The maximum Gasteiger partial charge on any atom is 0.169 e. The number of ether oxygens (including phenoxy) is 1. The van der Waals surface area contributed by atoms with Crippen LogP contribution in [0.3, 0.4) is 0 Å². The van der Waals surface area contributed by atoms with Crippen molar-refractivity contribution in [1.29, 1.82) is 0 Å². The van der Waals surface area contributed by atoms with E-state index in [-0.39, 0.29) is 5.75 Å². The second-order valence-electron chi connectivity index (χ2n) is 7.17. The number of halogens is 1. The number of aryl methyl sites for hydroxylation is 1. The highest BCUT2D eigenvalue weighted by molar-refractivity contribution is 8.13. The van der Waals surface area contributed by atoms with Crippen LogP contribution in [0.4, 0.5) is 11.4 Å². The molecule has 0 saturated carbocycles. The van der Waals surface area contributed by atoms with Crippen LogP contribution in [0.5, 0.6) is 5.75 Å². The second kappa shape index (κ2) is 11.8. The van der Waals surface area contributed by atoms with Crippen molar-refractivity contribution in [1.82, 2.24) is 4.90 Å². The minimum absolute atomic E-state index is 0.227. The number of hydrogen-bond acceptors (Lipinski definition) is 6. The molecule has 0 spiro atoms. The fraction of sp³-hybridized carbons (Fsp3) is 0.208. The number of nitrogens with zero attached hydrogens (tertiary/aromatic N) is 2. The van der Waals surface area contributed by atoms with Gasteiger partial charge in [-0.3, -0.25) is 10.7 Å². The van der Waals surface area contributed by atoms with E-state index in [2.05, 4.69) is 41.6 Å². The monoisotopic (exact) mass is 471 g/mol. The predicted molar refractivity (Wildman–Crippen MR) is 131 cm³/mol. The molecule has 3 aromatic carbocycles. The second-order valence-corrected chi connectivity index (χ2v) is 8.61. The van der Waals surface area contributed by atoms with E-state index in [0.717, 1.165) is 15.6 Å². The molecule has 3 aromatic rings.